The lowest BCUT2D eigenvalue weighted by Crippen LogP contribution is -2.42. The van der Waals surface area contributed by atoms with Crippen LogP contribution in [0.25, 0.3) is 0 Å². The van der Waals surface area contributed by atoms with E-state index in [0.717, 1.165) is 35.5 Å². The first-order valence-corrected chi connectivity index (χ1v) is 6.85. The molecular weight excluding hydrogens is 248 g/mol. The van der Waals surface area contributed by atoms with Crippen LogP contribution in [-0.4, -0.2) is 24.9 Å². The maximum Gasteiger partial charge on any atom is 0.322 e. The normalized spacial score (nSPS) is 16.8. The summed E-state index contributed by atoms with van der Waals surface area (Å²) in [6.45, 7) is 2.04. The minimum Gasteiger partial charge on any atom is -0.497 e. The molecule has 0 amide bonds. The first-order valence-electron chi connectivity index (χ1n) is 6.03. The van der Waals surface area contributed by atoms with Crippen LogP contribution in [0, 0.1) is 6.92 Å². The second-order valence-electron chi connectivity index (χ2n) is 4.57. The molecule has 1 aromatic rings. The Morgan fingerprint density at radius 3 is 2.50 bits per heavy atom. The van der Waals surface area contributed by atoms with Crippen LogP contribution in [-0.2, 0) is 9.53 Å². The van der Waals surface area contributed by atoms with E-state index in [2.05, 4.69) is 0 Å². The number of ether oxygens (including phenoxy) is 2. The molecule has 0 heterocycles. The van der Waals surface area contributed by atoms with E-state index in [1.54, 1.807) is 18.9 Å². The van der Waals surface area contributed by atoms with Crippen molar-refractivity contribution in [3.8, 4) is 5.75 Å². The van der Waals surface area contributed by atoms with E-state index in [0.29, 0.717) is 0 Å². The van der Waals surface area contributed by atoms with Crippen LogP contribution in [0.3, 0.4) is 0 Å². The SMILES string of the molecule is COC(=O)C1(Sc2ccc(OC)cc2C)CCC1. The molecule has 0 radical (unpaired) electrons. The van der Waals surface area contributed by atoms with Gasteiger partial charge < -0.3 is 9.47 Å². The van der Waals surface area contributed by atoms with E-state index in [1.165, 1.54) is 7.11 Å². The predicted octanol–water partition coefficient (Wildman–Crippen LogP) is 3.19. The lowest BCUT2D eigenvalue weighted by molar-refractivity contribution is -0.145. The molecule has 0 aromatic heterocycles. The molecule has 1 fully saturated rings. The average Bonchev–Trinajstić information content (AvgIpc) is 2.34. The van der Waals surface area contributed by atoms with Gasteiger partial charge in [0.25, 0.3) is 0 Å². The summed E-state index contributed by atoms with van der Waals surface area (Å²) in [6, 6.07) is 5.94. The Balaban J connectivity index is 2.20. The molecule has 1 aliphatic carbocycles. The third kappa shape index (κ3) is 2.34. The number of rotatable bonds is 4. The molecule has 98 valence electrons. The second kappa shape index (κ2) is 5.22. The van der Waals surface area contributed by atoms with E-state index < -0.39 is 0 Å². The van der Waals surface area contributed by atoms with E-state index in [4.69, 9.17) is 9.47 Å². The molecule has 2 rings (SSSR count). The summed E-state index contributed by atoms with van der Waals surface area (Å²) in [6.07, 6.45) is 2.89. The van der Waals surface area contributed by atoms with Crippen molar-refractivity contribution in [3.05, 3.63) is 23.8 Å². The number of esters is 1. The summed E-state index contributed by atoms with van der Waals surface area (Å²) in [4.78, 5) is 13.0. The van der Waals surface area contributed by atoms with Gasteiger partial charge in [0.2, 0.25) is 0 Å². The number of aryl methyl sites for hydroxylation is 1. The highest BCUT2D eigenvalue weighted by molar-refractivity contribution is 8.01. The molecule has 0 N–H and O–H groups in total. The van der Waals surface area contributed by atoms with Crippen LogP contribution >= 0.6 is 11.8 Å². The molecule has 1 saturated carbocycles. The molecule has 1 aliphatic rings. The molecule has 4 heteroatoms. The third-order valence-electron chi connectivity index (χ3n) is 3.41. The number of methoxy groups -OCH3 is 2. The van der Waals surface area contributed by atoms with Crippen LogP contribution in [0.4, 0.5) is 0 Å². The largest absolute Gasteiger partial charge is 0.497 e. The van der Waals surface area contributed by atoms with Gasteiger partial charge in [-0.05, 0) is 49.9 Å². The van der Waals surface area contributed by atoms with Gasteiger partial charge in [0, 0.05) is 4.90 Å². The molecule has 0 aliphatic heterocycles. The monoisotopic (exact) mass is 266 g/mol. The Kier molecular flexibility index (Phi) is 3.85. The summed E-state index contributed by atoms with van der Waals surface area (Å²) in [7, 11) is 3.12. The van der Waals surface area contributed by atoms with Gasteiger partial charge in [-0.3, -0.25) is 4.79 Å². The van der Waals surface area contributed by atoms with Gasteiger partial charge in [0.15, 0.2) is 0 Å². The van der Waals surface area contributed by atoms with Crippen LogP contribution in [0.2, 0.25) is 0 Å². The highest BCUT2D eigenvalue weighted by Gasteiger charge is 2.46. The Hall–Kier alpha value is -1.16. The summed E-state index contributed by atoms with van der Waals surface area (Å²) < 4.78 is 9.75. The lowest BCUT2D eigenvalue weighted by atomic mass is 9.84. The maximum absolute atomic E-state index is 11.9. The van der Waals surface area contributed by atoms with Crippen LogP contribution in [0.15, 0.2) is 23.1 Å². The lowest BCUT2D eigenvalue weighted by Gasteiger charge is -2.38. The van der Waals surface area contributed by atoms with Crippen molar-refractivity contribution in [3.63, 3.8) is 0 Å². The molecule has 3 nitrogen and oxygen atoms in total. The minimum absolute atomic E-state index is 0.103. The van der Waals surface area contributed by atoms with Gasteiger partial charge in [0.1, 0.15) is 10.5 Å². The number of hydrogen-bond donors (Lipinski definition) is 0. The van der Waals surface area contributed by atoms with E-state index >= 15 is 0 Å². The Morgan fingerprint density at radius 2 is 2.06 bits per heavy atom. The van der Waals surface area contributed by atoms with Gasteiger partial charge in [-0.1, -0.05) is 0 Å². The van der Waals surface area contributed by atoms with Gasteiger partial charge in [-0.25, -0.2) is 0 Å². The van der Waals surface area contributed by atoms with Crippen molar-refractivity contribution in [1.29, 1.82) is 0 Å². The summed E-state index contributed by atoms with van der Waals surface area (Å²) in [5.74, 6) is 0.742. The number of thioether (sulfide) groups is 1. The highest BCUT2D eigenvalue weighted by Crippen LogP contribution is 2.49. The molecule has 18 heavy (non-hydrogen) atoms. The topological polar surface area (TPSA) is 35.5 Å². The van der Waals surface area contributed by atoms with Gasteiger partial charge in [-0.15, -0.1) is 11.8 Å². The van der Waals surface area contributed by atoms with E-state index in [1.807, 2.05) is 25.1 Å². The molecule has 0 bridgehead atoms. The molecule has 1 aromatic carbocycles. The quantitative estimate of drug-likeness (QED) is 0.784. The second-order valence-corrected chi connectivity index (χ2v) is 6.00. The smallest absolute Gasteiger partial charge is 0.322 e. The van der Waals surface area contributed by atoms with Crippen LogP contribution in [0.5, 0.6) is 5.75 Å². The zero-order valence-corrected chi connectivity index (χ0v) is 11.8. The van der Waals surface area contributed by atoms with Crippen molar-refractivity contribution >= 4 is 17.7 Å². The fourth-order valence-electron chi connectivity index (χ4n) is 2.11. The predicted molar refractivity (Wildman–Crippen MR) is 72.2 cm³/mol. The third-order valence-corrected chi connectivity index (χ3v) is 5.05. The van der Waals surface area contributed by atoms with Crippen molar-refractivity contribution in [2.75, 3.05) is 14.2 Å². The first kappa shape index (κ1) is 13.3. The summed E-state index contributed by atoms with van der Waals surface area (Å²) >= 11 is 1.63. The fourth-order valence-corrected chi connectivity index (χ4v) is 3.54. The number of benzene rings is 1. The zero-order chi connectivity index (χ0) is 13.2. The molecule has 0 unspecified atom stereocenters. The van der Waals surface area contributed by atoms with Gasteiger partial charge in [-0.2, -0.15) is 0 Å². The fraction of sp³-hybridized carbons (Fsp3) is 0.500. The van der Waals surface area contributed by atoms with Gasteiger partial charge in [0.05, 0.1) is 14.2 Å². The summed E-state index contributed by atoms with van der Waals surface area (Å²) in [5.41, 5.74) is 1.13. The molecule has 0 atom stereocenters. The van der Waals surface area contributed by atoms with Gasteiger partial charge >= 0.3 is 5.97 Å². The molecule has 0 saturated heterocycles. The summed E-state index contributed by atoms with van der Waals surface area (Å²) in [5, 5.41) is 0. The van der Waals surface area contributed by atoms with Crippen LogP contribution < -0.4 is 4.74 Å². The average molecular weight is 266 g/mol. The van der Waals surface area contributed by atoms with Crippen molar-refractivity contribution < 1.29 is 14.3 Å². The number of hydrogen-bond acceptors (Lipinski definition) is 4. The molecule has 0 spiro atoms. The van der Waals surface area contributed by atoms with Crippen molar-refractivity contribution in [1.82, 2.24) is 0 Å². The maximum atomic E-state index is 11.9. The van der Waals surface area contributed by atoms with Crippen molar-refractivity contribution in [2.45, 2.75) is 35.8 Å². The van der Waals surface area contributed by atoms with Crippen molar-refractivity contribution in [2.24, 2.45) is 0 Å². The first-order chi connectivity index (χ1) is 8.61. The zero-order valence-electron chi connectivity index (χ0n) is 11.0. The standard InChI is InChI=1S/C14H18O3S/c1-10-9-11(16-2)5-6-12(10)18-14(7-4-8-14)13(15)17-3/h5-6,9H,4,7-8H2,1-3H3. The highest BCUT2D eigenvalue weighted by atomic mass is 32.2. The number of carbonyl (C=O) groups excluding carboxylic acids is 1. The van der Waals surface area contributed by atoms with Crippen LogP contribution in [0.1, 0.15) is 24.8 Å². The van der Waals surface area contributed by atoms with E-state index in [9.17, 15) is 4.79 Å². The Labute approximate surface area is 112 Å². The minimum atomic E-state index is -0.367. The number of carbonyl (C=O) groups is 1. The Morgan fingerprint density at radius 1 is 1.33 bits per heavy atom. The van der Waals surface area contributed by atoms with E-state index in [-0.39, 0.29) is 10.7 Å². The Bertz CT molecular complexity index is 452. The molecular formula is C14H18O3S.